The molecule has 7 heteroatoms. The molecule has 5 nitrogen and oxygen atoms in total. The number of carbonyl (C=O) groups excluding carboxylic acids is 2. The highest BCUT2D eigenvalue weighted by Gasteiger charge is 2.10. The Morgan fingerprint density at radius 1 is 1.04 bits per heavy atom. The van der Waals surface area contributed by atoms with Crippen LogP contribution in [0.25, 0.3) is 0 Å². The summed E-state index contributed by atoms with van der Waals surface area (Å²) in [5, 5.41) is 7.88. The van der Waals surface area contributed by atoms with Gasteiger partial charge in [-0.1, -0.05) is 17.7 Å². The number of anilines is 2. The number of benzene rings is 2. The minimum Gasteiger partial charge on any atom is -0.336 e. The first-order chi connectivity index (χ1) is 11.3. The summed E-state index contributed by atoms with van der Waals surface area (Å²) in [5.41, 5.74) is 1.21. The molecule has 3 amide bonds. The molecule has 0 fully saturated rings. The van der Waals surface area contributed by atoms with E-state index in [1.54, 1.807) is 24.3 Å². The van der Waals surface area contributed by atoms with Crippen LogP contribution in [0.3, 0.4) is 0 Å². The third-order valence-electron chi connectivity index (χ3n) is 2.98. The molecule has 0 aliphatic heterocycles. The zero-order valence-corrected chi connectivity index (χ0v) is 13.9. The molecule has 0 atom stereocenters. The summed E-state index contributed by atoms with van der Waals surface area (Å²) < 4.78 is 13.1. The Morgan fingerprint density at radius 3 is 2.42 bits per heavy atom. The predicted molar refractivity (Wildman–Crippen MR) is 93.1 cm³/mol. The fourth-order valence-corrected chi connectivity index (χ4v) is 2.13. The lowest BCUT2D eigenvalue weighted by atomic mass is 10.2. The molecular weight excluding hydrogens is 333 g/mol. The van der Waals surface area contributed by atoms with E-state index < -0.39 is 11.7 Å². The Kier molecular flexibility index (Phi) is 5.76. The van der Waals surface area contributed by atoms with Crippen LogP contribution in [0.2, 0.25) is 5.02 Å². The number of urea groups is 1. The first-order valence-electron chi connectivity index (χ1n) is 7.29. The highest BCUT2D eigenvalue weighted by atomic mass is 35.5. The first kappa shape index (κ1) is 17.7. The molecule has 0 aliphatic rings. The maximum absolute atomic E-state index is 13.1. The van der Waals surface area contributed by atoms with Crippen LogP contribution in [0.1, 0.15) is 24.2 Å². The van der Waals surface area contributed by atoms with Crippen molar-refractivity contribution in [1.82, 2.24) is 5.32 Å². The molecule has 2 rings (SSSR count). The van der Waals surface area contributed by atoms with Gasteiger partial charge in [0.1, 0.15) is 5.82 Å². The van der Waals surface area contributed by atoms with Crippen LogP contribution in [0.5, 0.6) is 0 Å². The van der Waals surface area contributed by atoms with Crippen molar-refractivity contribution in [2.75, 3.05) is 10.6 Å². The Labute approximate surface area is 144 Å². The second-order valence-corrected chi connectivity index (χ2v) is 5.82. The molecule has 0 saturated heterocycles. The molecule has 0 radical (unpaired) electrons. The second kappa shape index (κ2) is 7.79. The number of nitrogens with one attached hydrogen (secondary N) is 3. The zero-order valence-electron chi connectivity index (χ0n) is 13.2. The van der Waals surface area contributed by atoms with Crippen LogP contribution in [0, 0.1) is 5.82 Å². The molecule has 0 bridgehead atoms. The zero-order chi connectivity index (χ0) is 17.7. The van der Waals surface area contributed by atoms with Gasteiger partial charge in [-0.3, -0.25) is 4.79 Å². The maximum atomic E-state index is 13.1. The van der Waals surface area contributed by atoms with Crippen LogP contribution >= 0.6 is 11.6 Å². The molecule has 2 aromatic rings. The standard InChI is InChI=1S/C17H17ClFN3O2/c1-10(2)20-17(24)22-12-5-3-4-11(8-12)16(23)21-13-6-7-15(19)14(18)9-13/h3-10H,1-2H3,(H,21,23)(H2,20,22,24). The van der Waals surface area contributed by atoms with Crippen LogP contribution in [0.4, 0.5) is 20.6 Å². The van der Waals surface area contributed by atoms with Gasteiger partial charge in [0.25, 0.3) is 5.91 Å². The van der Waals surface area contributed by atoms with Crippen LogP contribution in [-0.2, 0) is 0 Å². The van der Waals surface area contributed by atoms with Gasteiger partial charge in [-0.2, -0.15) is 0 Å². The largest absolute Gasteiger partial charge is 0.336 e. The molecule has 2 aromatic carbocycles. The molecule has 0 saturated carbocycles. The Balaban J connectivity index is 2.08. The van der Waals surface area contributed by atoms with Crippen LogP contribution in [-0.4, -0.2) is 18.0 Å². The molecule has 0 aromatic heterocycles. The quantitative estimate of drug-likeness (QED) is 0.771. The van der Waals surface area contributed by atoms with Crippen molar-refractivity contribution < 1.29 is 14.0 Å². The predicted octanol–water partition coefficient (Wildman–Crippen LogP) is 4.26. The number of halogens is 2. The van der Waals surface area contributed by atoms with Crippen molar-refractivity contribution in [3.8, 4) is 0 Å². The summed E-state index contributed by atoms with van der Waals surface area (Å²) in [6, 6.07) is 10.0. The summed E-state index contributed by atoms with van der Waals surface area (Å²) in [5.74, 6) is -0.956. The Morgan fingerprint density at radius 2 is 1.75 bits per heavy atom. The topological polar surface area (TPSA) is 70.2 Å². The summed E-state index contributed by atoms with van der Waals surface area (Å²) >= 11 is 5.69. The third-order valence-corrected chi connectivity index (χ3v) is 3.27. The second-order valence-electron chi connectivity index (χ2n) is 5.42. The minimum atomic E-state index is -0.558. The van der Waals surface area contributed by atoms with E-state index >= 15 is 0 Å². The average molecular weight is 350 g/mol. The van der Waals surface area contributed by atoms with Crippen molar-refractivity contribution in [1.29, 1.82) is 0 Å². The van der Waals surface area contributed by atoms with E-state index in [4.69, 9.17) is 11.6 Å². The van der Waals surface area contributed by atoms with Gasteiger partial charge in [-0.05, 0) is 50.2 Å². The summed E-state index contributed by atoms with van der Waals surface area (Å²) in [6.45, 7) is 3.69. The van der Waals surface area contributed by atoms with Crippen molar-refractivity contribution in [3.63, 3.8) is 0 Å². The van der Waals surface area contributed by atoms with E-state index in [2.05, 4.69) is 16.0 Å². The van der Waals surface area contributed by atoms with Gasteiger partial charge in [0.2, 0.25) is 0 Å². The van der Waals surface area contributed by atoms with Gasteiger partial charge in [0, 0.05) is 23.0 Å². The van der Waals surface area contributed by atoms with Crippen molar-refractivity contribution in [2.45, 2.75) is 19.9 Å². The SMILES string of the molecule is CC(C)NC(=O)Nc1cccc(C(=O)Nc2ccc(F)c(Cl)c2)c1. The number of hydrogen-bond acceptors (Lipinski definition) is 2. The molecule has 24 heavy (non-hydrogen) atoms. The number of amides is 3. The minimum absolute atomic E-state index is 0.000272. The fourth-order valence-electron chi connectivity index (χ4n) is 1.94. The summed E-state index contributed by atoms with van der Waals surface area (Å²) in [6.07, 6.45) is 0. The fraction of sp³-hybridized carbons (Fsp3) is 0.176. The molecule has 0 spiro atoms. The van der Waals surface area contributed by atoms with Crippen molar-refractivity contribution >= 4 is 34.9 Å². The smallest absolute Gasteiger partial charge is 0.319 e. The molecular formula is C17H17ClFN3O2. The summed E-state index contributed by atoms with van der Waals surface area (Å²) in [7, 11) is 0. The number of carbonyl (C=O) groups is 2. The molecule has 126 valence electrons. The van der Waals surface area contributed by atoms with Gasteiger partial charge in [-0.15, -0.1) is 0 Å². The number of hydrogen-bond donors (Lipinski definition) is 3. The van der Waals surface area contributed by atoms with Gasteiger partial charge in [0.05, 0.1) is 5.02 Å². The molecule has 0 aliphatic carbocycles. The van der Waals surface area contributed by atoms with Gasteiger partial charge in [0.15, 0.2) is 0 Å². The van der Waals surface area contributed by atoms with E-state index in [1.165, 1.54) is 18.2 Å². The van der Waals surface area contributed by atoms with Gasteiger partial charge in [-0.25, -0.2) is 9.18 Å². The van der Waals surface area contributed by atoms with Crippen LogP contribution < -0.4 is 16.0 Å². The van der Waals surface area contributed by atoms with E-state index in [9.17, 15) is 14.0 Å². The van der Waals surface area contributed by atoms with E-state index in [0.29, 0.717) is 16.9 Å². The van der Waals surface area contributed by atoms with E-state index in [1.807, 2.05) is 13.8 Å². The lowest BCUT2D eigenvalue weighted by molar-refractivity contribution is 0.102. The van der Waals surface area contributed by atoms with Crippen molar-refractivity contribution in [2.24, 2.45) is 0 Å². The van der Waals surface area contributed by atoms with E-state index in [-0.39, 0.29) is 17.1 Å². The molecule has 0 heterocycles. The van der Waals surface area contributed by atoms with E-state index in [0.717, 1.165) is 0 Å². The molecule has 0 unspecified atom stereocenters. The average Bonchev–Trinajstić information content (AvgIpc) is 2.50. The summed E-state index contributed by atoms with van der Waals surface area (Å²) in [4.78, 5) is 23.9. The third kappa shape index (κ3) is 4.96. The Hall–Kier alpha value is -2.60. The lowest BCUT2D eigenvalue weighted by Gasteiger charge is -2.11. The van der Waals surface area contributed by atoms with Gasteiger partial charge < -0.3 is 16.0 Å². The monoisotopic (exact) mass is 349 g/mol. The van der Waals surface area contributed by atoms with Crippen molar-refractivity contribution in [3.05, 3.63) is 58.9 Å². The Bertz CT molecular complexity index is 765. The van der Waals surface area contributed by atoms with Gasteiger partial charge >= 0.3 is 6.03 Å². The molecule has 3 N–H and O–H groups in total. The lowest BCUT2D eigenvalue weighted by Crippen LogP contribution is -2.34. The highest BCUT2D eigenvalue weighted by Crippen LogP contribution is 2.20. The maximum Gasteiger partial charge on any atom is 0.319 e. The normalized spacial score (nSPS) is 10.4. The van der Waals surface area contributed by atoms with Crippen LogP contribution in [0.15, 0.2) is 42.5 Å². The first-order valence-corrected chi connectivity index (χ1v) is 7.67. The highest BCUT2D eigenvalue weighted by molar-refractivity contribution is 6.31. The number of rotatable bonds is 4.